The second kappa shape index (κ2) is 10.2. The Balaban J connectivity index is 0.00000208. The smallest absolute Gasteiger partial charge is 0.193 e. The Kier molecular flexibility index (Phi) is 8.61. The van der Waals surface area contributed by atoms with Gasteiger partial charge in [0.1, 0.15) is 0 Å². The number of rotatable bonds is 5. The Morgan fingerprint density at radius 2 is 1.75 bits per heavy atom. The monoisotopic (exact) mass is 448 g/mol. The molecule has 5 heteroatoms. The summed E-state index contributed by atoms with van der Waals surface area (Å²) in [5.74, 6) is 3.81. The molecule has 3 atom stereocenters. The Morgan fingerprint density at radius 1 is 1.04 bits per heavy atom. The molecule has 0 bridgehead atoms. The minimum atomic E-state index is 0. The van der Waals surface area contributed by atoms with E-state index in [1.54, 1.807) is 0 Å². The van der Waals surface area contributed by atoms with Gasteiger partial charge in [0.15, 0.2) is 5.96 Å². The first-order valence-electron chi connectivity index (χ1n) is 10.1. The number of nitrogens with zero attached hydrogens (tertiary/aromatic N) is 3. The number of guanidine groups is 1. The minimum Gasteiger partial charge on any atom is -0.357 e. The van der Waals surface area contributed by atoms with Gasteiger partial charge in [0, 0.05) is 32.7 Å². The maximum atomic E-state index is 5.03. The third-order valence-electron chi connectivity index (χ3n) is 6.02. The first-order chi connectivity index (χ1) is 11.3. The highest BCUT2D eigenvalue weighted by Crippen LogP contribution is 2.36. The molecule has 2 heterocycles. The molecule has 2 saturated heterocycles. The van der Waals surface area contributed by atoms with Crippen LogP contribution < -0.4 is 5.32 Å². The van der Waals surface area contributed by atoms with E-state index in [9.17, 15) is 0 Å². The highest BCUT2D eigenvalue weighted by atomic mass is 127. The van der Waals surface area contributed by atoms with Gasteiger partial charge >= 0.3 is 0 Å². The van der Waals surface area contributed by atoms with Crippen molar-refractivity contribution in [1.29, 1.82) is 0 Å². The Hall–Kier alpha value is -0.0400. The molecule has 0 aromatic heterocycles. The molecule has 24 heavy (non-hydrogen) atoms. The number of hydrogen-bond acceptors (Lipinski definition) is 2. The van der Waals surface area contributed by atoms with Crippen LogP contribution in [0, 0.1) is 17.8 Å². The van der Waals surface area contributed by atoms with Crippen molar-refractivity contribution in [2.75, 3.05) is 45.8 Å². The summed E-state index contributed by atoms with van der Waals surface area (Å²) in [6.07, 6.45) is 8.36. The largest absolute Gasteiger partial charge is 0.357 e. The van der Waals surface area contributed by atoms with Gasteiger partial charge in [-0.1, -0.05) is 19.8 Å². The van der Waals surface area contributed by atoms with Gasteiger partial charge in [0.25, 0.3) is 0 Å². The summed E-state index contributed by atoms with van der Waals surface area (Å²) >= 11 is 0. The first-order valence-corrected chi connectivity index (χ1v) is 10.1. The van der Waals surface area contributed by atoms with Crippen LogP contribution in [0.3, 0.4) is 0 Å². The van der Waals surface area contributed by atoms with E-state index in [0.29, 0.717) is 0 Å². The van der Waals surface area contributed by atoms with E-state index in [0.717, 1.165) is 30.8 Å². The van der Waals surface area contributed by atoms with Crippen LogP contribution in [0.25, 0.3) is 0 Å². The zero-order valence-electron chi connectivity index (χ0n) is 15.7. The second-order valence-electron chi connectivity index (χ2n) is 7.86. The lowest BCUT2D eigenvalue weighted by molar-refractivity contribution is 0.299. The van der Waals surface area contributed by atoms with Crippen molar-refractivity contribution < 1.29 is 0 Å². The molecule has 3 fully saturated rings. The van der Waals surface area contributed by atoms with Crippen LogP contribution in [0.2, 0.25) is 0 Å². The van der Waals surface area contributed by atoms with Gasteiger partial charge in [-0.15, -0.1) is 24.0 Å². The lowest BCUT2D eigenvalue weighted by Gasteiger charge is -2.22. The number of likely N-dealkylation sites (tertiary alicyclic amines) is 2. The number of halogens is 1. The fraction of sp³-hybridized carbons (Fsp3) is 0.947. The molecule has 3 aliphatic rings. The van der Waals surface area contributed by atoms with Gasteiger partial charge < -0.3 is 15.1 Å². The highest BCUT2D eigenvalue weighted by molar-refractivity contribution is 14.0. The summed E-state index contributed by atoms with van der Waals surface area (Å²) in [4.78, 5) is 10.2. The predicted octanol–water partition coefficient (Wildman–Crippen LogP) is 3.42. The molecule has 0 aromatic rings. The van der Waals surface area contributed by atoms with E-state index in [4.69, 9.17) is 4.99 Å². The zero-order chi connectivity index (χ0) is 16.1. The Bertz CT molecular complexity index is 387. The van der Waals surface area contributed by atoms with Crippen LogP contribution in [0.15, 0.2) is 4.99 Å². The summed E-state index contributed by atoms with van der Waals surface area (Å²) in [7, 11) is 0. The van der Waals surface area contributed by atoms with Crippen molar-refractivity contribution in [1.82, 2.24) is 15.1 Å². The van der Waals surface area contributed by atoms with Gasteiger partial charge in [-0.2, -0.15) is 0 Å². The molecule has 2 aliphatic heterocycles. The number of hydrogen-bond donors (Lipinski definition) is 1. The molecule has 4 nitrogen and oxygen atoms in total. The molecular weight excluding hydrogens is 411 g/mol. The van der Waals surface area contributed by atoms with Gasteiger partial charge in [-0.3, -0.25) is 4.99 Å². The minimum absolute atomic E-state index is 0. The van der Waals surface area contributed by atoms with Crippen molar-refractivity contribution >= 4 is 29.9 Å². The Morgan fingerprint density at radius 3 is 2.38 bits per heavy atom. The molecule has 0 aromatic carbocycles. The van der Waals surface area contributed by atoms with Crippen molar-refractivity contribution in [3.05, 3.63) is 0 Å². The molecule has 0 spiro atoms. The van der Waals surface area contributed by atoms with Crippen LogP contribution in [0.5, 0.6) is 0 Å². The van der Waals surface area contributed by atoms with Gasteiger partial charge in [-0.05, 0) is 63.5 Å². The van der Waals surface area contributed by atoms with Crippen molar-refractivity contribution in [3.8, 4) is 0 Å². The molecular formula is C19H37IN4. The SMILES string of the molecule is CCCN1CCC(CN=C(NCC)N2CC3CCCCC3C2)C1.I. The van der Waals surface area contributed by atoms with Crippen LogP contribution in [0.4, 0.5) is 0 Å². The average molecular weight is 448 g/mol. The number of nitrogens with one attached hydrogen (secondary N) is 1. The summed E-state index contributed by atoms with van der Waals surface area (Å²) in [6, 6.07) is 0. The standard InChI is InChI=1S/C19H36N4.HI/c1-3-10-22-11-9-16(13-22)12-21-19(20-4-2)23-14-17-7-5-6-8-18(17)15-23;/h16-18H,3-15H2,1-2H3,(H,20,21);1H. The zero-order valence-corrected chi connectivity index (χ0v) is 18.0. The third kappa shape index (κ3) is 5.23. The van der Waals surface area contributed by atoms with Gasteiger partial charge in [0.05, 0.1) is 0 Å². The van der Waals surface area contributed by atoms with Crippen molar-refractivity contribution in [3.63, 3.8) is 0 Å². The van der Waals surface area contributed by atoms with E-state index in [-0.39, 0.29) is 24.0 Å². The van der Waals surface area contributed by atoms with Gasteiger partial charge in [-0.25, -0.2) is 0 Å². The molecule has 0 radical (unpaired) electrons. The molecule has 3 unspecified atom stereocenters. The fourth-order valence-electron chi connectivity index (χ4n) is 4.80. The summed E-state index contributed by atoms with van der Waals surface area (Å²) < 4.78 is 0. The molecule has 3 rings (SSSR count). The lowest BCUT2D eigenvalue weighted by atomic mass is 9.82. The molecule has 1 saturated carbocycles. The molecule has 0 amide bonds. The lowest BCUT2D eigenvalue weighted by Crippen LogP contribution is -2.40. The Labute approximate surface area is 165 Å². The van der Waals surface area contributed by atoms with Crippen LogP contribution in [-0.2, 0) is 0 Å². The van der Waals surface area contributed by atoms with E-state index < -0.39 is 0 Å². The fourth-order valence-corrected chi connectivity index (χ4v) is 4.80. The van der Waals surface area contributed by atoms with Crippen LogP contribution in [0.1, 0.15) is 52.4 Å². The molecule has 1 N–H and O–H groups in total. The summed E-state index contributed by atoms with van der Waals surface area (Å²) in [6.45, 7) is 12.7. The summed E-state index contributed by atoms with van der Waals surface area (Å²) in [5, 5.41) is 3.56. The first kappa shape index (κ1) is 20.3. The van der Waals surface area contributed by atoms with Crippen LogP contribution >= 0.6 is 24.0 Å². The van der Waals surface area contributed by atoms with Gasteiger partial charge in [0.2, 0.25) is 0 Å². The molecule has 1 aliphatic carbocycles. The van der Waals surface area contributed by atoms with Crippen molar-refractivity contribution in [2.24, 2.45) is 22.7 Å². The second-order valence-corrected chi connectivity index (χ2v) is 7.86. The summed E-state index contributed by atoms with van der Waals surface area (Å²) in [5.41, 5.74) is 0. The molecule has 140 valence electrons. The highest BCUT2D eigenvalue weighted by Gasteiger charge is 2.35. The van der Waals surface area contributed by atoms with E-state index in [2.05, 4.69) is 29.0 Å². The topological polar surface area (TPSA) is 30.9 Å². The predicted molar refractivity (Wildman–Crippen MR) is 113 cm³/mol. The maximum absolute atomic E-state index is 5.03. The maximum Gasteiger partial charge on any atom is 0.193 e. The van der Waals surface area contributed by atoms with E-state index in [1.165, 1.54) is 77.2 Å². The number of aliphatic imine (C=N–C) groups is 1. The van der Waals surface area contributed by atoms with Crippen LogP contribution in [-0.4, -0.2) is 61.6 Å². The van der Waals surface area contributed by atoms with E-state index in [1.807, 2.05) is 0 Å². The quantitative estimate of drug-likeness (QED) is 0.397. The third-order valence-corrected chi connectivity index (χ3v) is 6.02. The van der Waals surface area contributed by atoms with E-state index >= 15 is 0 Å². The average Bonchev–Trinajstić information content (AvgIpc) is 3.18. The number of fused-ring (bicyclic) bond motifs is 1. The normalized spacial score (nSPS) is 31.0. The van der Waals surface area contributed by atoms with Crippen molar-refractivity contribution in [2.45, 2.75) is 52.4 Å².